The van der Waals surface area contributed by atoms with Crippen LogP contribution in [0.1, 0.15) is 13.8 Å². The molecule has 3 heteroatoms. The first-order valence-corrected chi connectivity index (χ1v) is 3.56. The minimum absolute atomic E-state index is 0.0854. The predicted octanol–water partition coefficient (Wildman–Crippen LogP) is 1.28. The lowest BCUT2D eigenvalue weighted by molar-refractivity contribution is -0.122. The van der Waals surface area contributed by atoms with Gasteiger partial charge in [-0.2, -0.15) is 0 Å². The Bertz CT molecular complexity index is 165. The van der Waals surface area contributed by atoms with Gasteiger partial charge in [0.05, 0.1) is 5.92 Å². The van der Waals surface area contributed by atoms with Crippen molar-refractivity contribution in [2.24, 2.45) is 5.92 Å². The van der Waals surface area contributed by atoms with Crippen LogP contribution in [-0.4, -0.2) is 19.6 Å². The standard InChI is InChI=1S/C8H14FNO/c1-6(5-9)4-7(2)8(11)10-3/h4,7H,5H2,1-3H3,(H,10,11)/b6-4-/t7-/m1/s1. The van der Waals surface area contributed by atoms with E-state index in [1.807, 2.05) is 0 Å². The summed E-state index contributed by atoms with van der Waals surface area (Å²) < 4.78 is 11.9. The first-order chi connectivity index (χ1) is 5.11. The fraction of sp³-hybridized carbons (Fsp3) is 0.625. The molecule has 0 fully saturated rings. The van der Waals surface area contributed by atoms with Crippen LogP contribution in [0.5, 0.6) is 0 Å². The lowest BCUT2D eigenvalue weighted by Crippen LogP contribution is -2.24. The molecule has 0 aromatic heterocycles. The minimum atomic E-state index is -0.485. The molecule has 0 spiro atoms. The third kappa shape index (κ3) is 3.75. The van der Waals surface area contributed by atoms with Gasteiger partial charge in [0.2, 0.25) is 5.91 Å². The summed E-state index contributed by atoms with van der Waals surface area (Å²) in [6.45, 7) is 2.92. The molecule has 0 aromatic carbocycles. The van der Waals surface area contributed by atoms with Gasteiger partial charge in [0.15, 0.2) is 0 Å². The average Bonchev–Trinajstić information content (AvgIpc) is 2.02. The van der Waals surface area contributed by atoms with Crippen molar-refractivity contribution in [3.8, 4) is 0 Å². The molecular formula is C8H14FNO. The highest BCUT2D eigenvalue weighted by molar-refractivity contribution is 5.79. The molecule has 0 saturated heterocycles. The Hall–Kier alpha value is -0.860. The number of halogens is 1. The van der Waals surface area contributed by atoms with Crippen molar-refractivity contribution >= 4 is 5.91 Å². The van der Waals surface area contributed by atoms with E-state index < -0.39 is 6.67 Å². The van der Waals surface area contributed by atoms with Gasteiger partial charge in [-0.1, -0.05) is 13.0 Å². The second-order valence-corrected chi connectivity index (χ2v) is 2.55. The lowest BCUT2D eigenvalue weighted by atomic mass is 10.1. The highest BCUT2D eigenvalue weighted by Crippen LogP contribution is 2.02. The summed E-state index contributed by atoms with van der Waals surface area (Å²) in [5.41, 5.74) is 0.598. The molecular weight excluding hydrogens is 145 g/mol. The van der Waals surface area contributed by atoms with E-state index in [0.29, 0.717) is 5.57 Å². The summed E-state index contributed by atoms with van der Waals surface area (Å²) in [4.78, 5) is 10.9. The Kier molecular flexibility index (Phi) is 4.50. The van der Waals surface area contributed by atoms with Gasteiger partial charge < -0.3 is 5.32 Å². The summed E-state index contributed by atoms with van der Waals surface area (Å²) >= 11 is 0. The molecule has 0 aliphatic carbocycles. The molecule has 0 heterocycles. The molecule has 2 nitrogen and oxygen atoms in total. The van der Waals surface area contributed by atoms with E-state index in [2.05, 4.69) is 5.32 Å². The fourth-order valence-corrected chi connectivity index (χ4v) is 0.775. The van der Waals surface area contributed by atoms with E-state index in [0.717, 1.165) is 0 Å². The second kappa shape index (κ2) is 4.88. The first-order valence-electron chi connectivity index (χ1n) is 3.56. The SMILES string of the molecule is CNC(=O)[C@H](C)/C=C(/C)CF. The van der Waals surface area contributed by atoms with Gasteiger partial charge in [-0.25, -0.2) is 4.39 Å². The van der Waals surface area contributed by atoms with E-state index in [9.17, 15) is 9.18 Å². The maximum Gasteiger partial charge on any atom is 0.226 e. The van der Waals surface area contributed by atoms with Gasteiger partial charge in [-0.3, -0.25) is 4.79 Å². The fourth-order valence-electron chi connectivity index (χ4n) is 0.775. The van der Waals surface area contributed by atoms with Gasteiger partial charge in [0.25, 0.3) is 0 Å². The highest BCUT2D eigenvalue weighted by Gasteiger charge is 2.06. The molecule has 64 valence electrons. The quantitative estimate of drug-likeness (QED) is 0.617. The molecule has 0 unspecified atom stereocenters. The largest absolute Gasteiger partial charge is 0.359 e. The summed E-state index contributed by atoms with van der Waals surface area (Å²) in [6.07, 6.45) is 1.62. The smallest absolute Gasteiger partial charge is 0.226 e. The van der Waals surface area contributed by atoms with Crippen LogP contribution in [0.2, 0.25) is 0 Å². The second-order valence-electron chi connectivity index (χ2n) is 2.55. The number of nitrogens with one attached hydrogen (secondary N) is 1. The maximum absolute atomic E-state index is 11.9. The third-order valence-corrected chi connectivity index (χ3v) is 1.41. The Labute approximate surface area is 66.5 Å². The Balaban J connectivity index is 4.04. The van der Waals surface area contributed by atoms with Gasteiger partial charge in [0.1, 0.15) is 6.67 Å². The van der Waals surface area contributed by atoms with Crippen molar-refractivity contribution in [3.63, 3.8) is 0 Å². The van der Waals surface area contributed by atoms with Crippen molar-refractivity contribution in [2.75, 3.05) is 13.7 Å². The van der Waals surface area contributed by atoms with Crippen LogP contribution >= 0.6 is 0 Å². The van der Waals surface area contributed by atoms with E-state index in [4.69, 9.17) is 0 Å². The van der Waals surface area contributed by atoms with Crippen molar-refractivity contribution in [1.29, 1.82) is 0 Å². The number of alkyl halides is 1. The normalized spacial score (nSPS) is 14.4. The van der Waals surface area contributed by atoms with Gasteiger partial charge >= 0.3 is 0 Å². The van der Waals surface area contributed by atoms with Gasteiger partial charge in [-0.05, 0) is 12.5 Å². The lowest BCUT2D eigenvalue weighted by Gasteiger charge is -2.04. The molecule has 0 aliphatic rings. The van der Waals surface area contributed by atoms with Crippen LogP contribution in [0.3, 0.4) is 0 Å². The summed E-state index contributed by atoms with van der Waals surface area (Å²) in [5.74, 6) is -0.325. The molecule has 0 saturated carbocycles. The van der Waals surface area contributed by atoms with E-state index in [1.54, 1.807) is 27.0 Å². The highest BCUT2D eigenvalue weighted by atomic mass is 19.1. The molecule has 0 aromatic rings. The van der Waals surface area contributed by atoms with Crippen LogP contribution in [0.4, 0.5) is 4.39 Å². The molecule has 0 bridgehead atoms. The van der Waals surface area contributed by atoms with Gasteiger partial charge in [0, 0.05) is 7.05 Å². The van der Waals surface area contributed by atoms with Crippen molar-refractivity contribution in [3.05, 3.63) is 11.6 Å². The van der Waals surface area contributed by atoms with Gasteiger partial charge in [-0.15, -0.1) is 0 Å². The van der Waals surface area contributed by atoms with Crippen LogP contribution in [-0.2, 0) is 4.79 Å². The van der Waals surface area contributed by atoms with E-state index in [1.165, 1.54) is 0 Å². The number of carbonyl (C=O) groups excluding carboxylic acids is 1. The Morgan fingerprint density at radius 3 is 2.64 bits per heavy atom. The zero-order valence-electron chi connectivity index (χ0n) is 7.15. The number of hydrogen-bond acceptors (Lipinski definition) is 1. The zero-order valence-corrected chi connectivity index (χ0v) is 7.15. The number of amides is 1. The van der Waals surface area contributed by atoms with Crippen LogP contribution < -0.4 is 5.32 Å². The number of hydrogen-bond donors (Lipinski definition) is 1. The van der Waals surface area contributed by atoms with Crippen molar-refractivity contribution in [2.45, 2.75) is 13.8 Å². The summed E-state index contributed by atoms with van der Waals surface area (Å²) in [5, 5.41) is 2.49. The molecule has 0 aliphatic heterocycles. The molecule has 11 heavy (non-hydrogen) atoms. The zero-order chi connectivity index (χ0) is 8.85. The average molecular weight is 159 g/mol. The molecule has 1 atom stereocenters. The van der Waals surface area contributed by atoms with Crippen LogP contribution in [0.25, 0.3) is 0 Å². The first kappa shape index (κ1) is 10.1. The van der Waals surface area contributed by atoms with Crippen LogP contribution in [0, 0.1) is 5.92 Å². The Morgan fingerprint density at radius 1 is 1.73 bits per heavy atom. The van der Waals surface area contributed by atoms with Crippen molar-refractivity contribution < 1.29 is 9.18 Å². The molecule has 0 radical (unpaired) electrons. The predicted molar refractivity (Wildman–Crippen MR) is 43.0 cm³/mol. The van der Waals surface area contributed by atoms with Crippen molar-refractivity contribution in [1.82, 2.24) is 5.32 Å². The molecule has 1 N–H and O–H groups in total. The Morgan fingerprint density at radius 2 is 2.27 bits per heavy atom. The minimum Gasteiger partial charge on any atom is -0.359 e. The van der Waals surface area contributed by atoms with E-state index >= 15 is 0 Å². The number of allylic oxidation sites excluding steroid dienone is 1. The maximum atomic E-state index is 11.9. The number of rotatable bonds is 3. The third-order valence-electron chi connectivity index (χ3n) is 1.41. The topological polar surface area (TPSA) is 29.1 Å². The molecule has 0 rings (SSSR count). The summed E-state index contributed by atoms with van der Waals surface area (Å²) in [6, 6.07) is 0. The summed E-state index contributed by atoms with van der Waals surface area (Å²) in [7, 11) is 1.57. The molecule has 1 amide bonds. The monoisotopic (exact) mass is 159 g/mol. The van der Waals surface area contributed by atoms with Crippen LogP contribution in [0.15, 0.2) is 11.6 Å². The van der Waals surface area contributed by atoms with E-state index in [-0.39, 0.29) is 11.8 Å². The number of carbonyl (C=O) groups is 1.